The van der Waals surface area contributed by atoms with E-state index in [1.807, 2.05) is 0 Å². The third-order valence-electron chi connectivity index (χ3n) is 7.78. The summed E-state index contributed by atoms with van der Waals surface area (Å²) in [7, 11) is -16.1. The van der Waals surface area contributed by atoms with Gasteiger partial charge in [-0.05, 0) is 13.1 Å². The molecule has 0 N–H and O–H groups in total. The summed E-state index contributed by atoms with van der Waals surface area (Å²) in [6.07, 6.45) is -31.7. The Morgan fingerprint density at radius 1 is 0.219 bits per heavy atom. The molecule has 0 aromatic rings. The Labute approximate surface area is 328 Å². The zero-order valence-electron chi connectivity index (χ0n) is 29.1. The molecule has 0 spiro atoms. The highest BCUT2D eigenvalue weighted by Crippen LogP contribution is 2.58. The zero-order valence-corrected chi connectivity index (χ0v) is 31.1. The molecule has 0 radical (unpaired) electrons. The highest BCUT2D eigenvalue weighted by atomic mass is 29.3. The minimum absolute atomic E-state index is 1.17. The molecule has 0 aliphatic carbocycles. The van der Waals surface area contributed by atoms with Gasteiger partial charge in [0.2, 0.25) is 0 Å². The normalized spacial score (nSPS) is 16.8. The van der Waals surface area contributed by atoms with E-state index in [-0.39, 0.29) is 0 Å². The average molecular weight is 1080 g/mol. The monoisotopic (exact) mass is 1080 g/mol. The van der Waals surface area contributed by atoms with Gasteiger partial charge in [0.15, 0.2) is 0 Å². The maximum atomic E-state index is 14.4. The van der Waals surface area contributed by atoms with Crippen LogP contribution >= 0.6 is 0 Å². The molecule has 0 fully saturated rings. The maximum Gasteiger partial charge on any atom is 0.460 e. The SMILES string of the molecule is C[Si](OCC(F)(F)C(F)(F)C(F)(F)C(F)(F)F)(OCC(F)(F)C(F)(F)C(F)(F)C(F)(F)F)[Si](C)(OCC(F)(F)C(F)(F)C(F)(F)C(F)(F)F)OCC(F)(F)C(F)(F)C(F)(F)C(F)(F)F. The van der Waals surface area contributed by atoms with Crippen molar-refractivity contribution in [3.8, 4) is 0 Å². The first-order valence-electron chi connectivity index (χ1n) is 14.4. The highest BCUT2D eigenvalue weighted by molar-refractivity contribution is 7.31. The van der Waals surface area contributed by atoms with Gasteiger partial charge in [-0.25, -0.2) is 0 Å². The minimum Gasteiger partial charge on any atom is -0.387 e. The van der Waals surface area contributed by atoms with Crippen molar-refractivity contribution in [1.29, 1.82) is 0 Å². The molecule has 4 nitrogen and oxygen atoms in total. The van der Waals surface area contributed by atoms with Crippen LogP contribution in [0, 0.1) is 0 Å². The van der Waals surface area contributed by atoms with Crippen LogP contribution in [0.15, 0.2) is 0 Å². The summed E-state index contributed by atoms with van der Waals surface area (Å²) < 4.78 is 497. The third kappa shape index (κ3) is 10.1. The van der Waals surface area contributed by atoms with E-state index in [1.165, 1.54) is 0 Å². The molecule has 0 heterocycles. The fourth-order valence-electron chi connectivity index (χ4n) is 3.51. The van der Waals surface area contributed by atoms with Gasteiger partial charge in [0.1, 0.15) is 26.4 Å². The standard InChI is InChI=1S/C22H14F36O4Si2/c1-63(59-3-7(23,24)11(31,32)15(39,40)19(47,48)49,60-4-8(25,26)12(33,34)16(41,42)20(50,51)52)64(2,61-5-9(27,28)13(35,36)17(43,44)21(53,54)55)62-6-10(29,30)14(37,38)18(45,46)22(56,57)58/h3-6H2,1-2H3. The van der Waals surface area contributed by atoms with Gasteiger partial charge in [-0.15, -0.1) is 0 Å². The van der Waals surface area contributed by atoms with Gasteiger partial charge in [-0.2, -0.15) is 158 Å². The Bertz CT molecular complexity index is 1370. The second-order valence-electron chi connectivity index (χ2n) is 12.5. The van der Waals surface area contributed by atoms with E-state index in [9.17, 15) is 158 Å². The van der Waals surface area contributed by atoms with Crippen molar-refractivity contribution in [3.63, 3.8) is 0 Å². The van der Waals surface area contributed by atoms with Crippen molar-refractivity contribution in [2.45, 2.75) is 109 Å². The van der Waals surface area contributed by atoms with Crippen molar-refractivity contribution in [2.24, 2.45) is 0 Å². The predicted octanol–water partition coefficient (Wildman–Crippen LogP) is 12.1. The largest absolute Gasteiger partial charge is 0.460 e. The number of hydrogen-bond donors (Lipinski definition) is 0. The molecule has 0 amide bonds. The van der Waals surface area contributed by atoms with Crippen LogP contribution in [-0.4, -0.2) is 138 Å². The Morgan fingerprint density at radius 2 is 0.328 bits per heavy atom. The first-order valence-corrected chi connectivity index (χ1v) is 20.1. The van der Waals surface area contributed by atoms with Crippen LogP contribution in [0.1, 0.15) is 0 Å². The van der Waals surface area contributed by atoms with Crippen molar-refractivity contribution < 1.29 is 176 Å². The van der Waals surface area contributed by atoms with Crippen LogP contribution in [-0.2, 0) is 17.7 Å². The van der Waals surface area contributed by atoms with Gasteiger partial charge in [0.25, 0.3) is 0 Å². The van der Waals surface area contributed by atoms with Crippen LogP contribution < -0.4 is 0 Å². The fourth-order valence-corrected chi connectivity index (χ4v) is 10.6. The average Bonchev–Trinajstić information content (AvgIpc) is 3.05. The lowest BCUT2D eigenvalue weighted by atomic mass is 10.1. The fraction of sp³-hybridized carbons (Fsp3) is 1.00. The summed E-state index contributed by atoms with van der Waals surface area (Å²) >= 11 is 0. The molecule has 0 atom stereocenters. The number of halogens is 36. The Kier molecular flexibility index (Phi) is 16.2. The highest BCUT2D eigenvalue weighted by Gasteiger charge is 2.86. The number of alkyl halides is 36. The summed E-state index contributed by atoms with van der Waals surface area (Å²) in [5, 5.41) is 0. The van der Waals surface area contributed by atoms with Crippen LogP contribution in [0.4, 0.5) is 158 Å². The van der Waals surface area contributed by atoms with Gasteiger partial charge >= 0.3 is 112 Å². The molecule has 0 bridgehead atoms. The molecule has 0 unspecified atom stereocenters. The van der Waals surface area contributed by atoms with Crippen LogP contribution in [0.2, 0.25) is 13.1 Å². The van der Waals surface area contributed by atoms with Crippen LogP contribution in [0.3, 0.4) is 0 Å². The summed E-state index contributed by atoms with van der Waals surface area (Å²) in [6.45, 7) is -20.3. The Morgan fingerprint density at radius 3 is 0.422 bits per heavy atom. The molecule has 64 heavy (non-hydrogen) atoms. The van der Waals surface area contributed by atoms with E-state index in [2.05, 4.69) is 17.7 Å². The second kappa shape index (κ2) is 16.8. The van der Waals surface area contributed by atoms with Crippen molar-refractivity contribution >= 4 is 16.2 Å². The molecule has 0 aliphatic rings. The summed E-state index contributed by atoms with van der Waals surface area (Å²) in [5.74, 6) is -96.0. The first kappa shape index (κ1) is 61.8. The van der Waals surface area contributed by atoms with Crippen LogP contribution in [0.5, 0.6) is 0 Å². The Balaban J connectivity index is 8.35. The van der Waals surface area contributed by atoms with Gasteiger partial charge in [0.05, 0.1) is 0 Å². The van der Waals surface area contributed by atoms with Gasteiger partial charge in [-0.3, -0.25) is 0 Å². The first-order chi connectivity index (χ1) is 27.1. The smallest absolute Gasteiger partial charge is 0.387 e. The molecule has 0 aromatic heterocycles. The summed E-state index contributed by atoms with van der Waals surface area (Å²) in [4.78, 5) is 0. The quantitative estimate of drug-likeness (QED) is 0.0848. The van der Waals surface area contributed by atoms with E-state index in [0.717, 1.165) is 0 Å². The lowest BCUT2D eigenvalue weighted by Crippen LogP contribution is -2.73. The predicted molar refractivity (Wildman–Crippen MR) is 131 cm³/mol. The third-order valence-corrected chi connectivity index (χ3v) is 18.9. The van der Waals surface area contributed by atoms with E-state index < -0.39 is 151 Å². The number of rotatable bonds is 21. The number of hydrogen-bond acceptors (Lipinski definition) is 4. The van der Waals surface area contributed by atoms with E-state index >= 15 is 0 Å². The summed E-state index contributed by atoms with van der Waals surface area (Å²) in [5.41, 5.74) is 0. The zero-order chi connectivity index (χ0) is 52.7. The van der Waals surface area contributed by atoms with Gasteiger partial charge < -0.3 is 17.7 Å². The van der Waals surface area contributed by atoms with E-state index in [0.29, 0.717) is 0 Å². The maximum absolute atomic E-state index is 14.4. The topological polar surface area (TPSA) is 36.9 Å². The molecule has 386 valence electrons. The van der Waals surface area contributed by atoms with E-state index in [4.69, 9.17) is 0 Å². The molecule has 0 aliphatic heterocycles. The second-order valence-corrected chi connectivity index (χ2v) is 22.8. The molecule has 0 saturated carbocycles. The van der Waals surface area contributed by atoms with E-state index in [1.54, 1.807) is 0 Å². The Hall–Kier alpha value is -2.25. The minimum atomic E-state index is -8.20. The van der Waals surface area contributed by atoms with Crippen molar-refractivity contribution in [2.75, 3.05) is 26.4 Å². The van der Waals surface area contributed by atoms with Gasteiger partial charge in [-0.1, -0.05) is 0 Å². The molecule has 0 rings (SSSR count). The lowest BCUT2D eigenvalue weighted by Gasteiger charge is -2.44. The van der Waals surface area contributed by atoms with Crippen molar-refractivity contribution in [3.05, 3.63) is 0 Å². The molecule has 42 heteroatoms. The van der Waals surface area contributed by atoms with Crippen molar-refractivity contribution in [1.82, 2.24) is 0 Å². The molecular formula is C22H14F36O4Si2. The van der Waals surface area contributed by atoms with Gasteiger partial charge in [0, 0.05) is 0 Å². The summed E-state index contributed by atoms with van der Waals surface area (Å²) in [6, 6.07) is 0. The lowest BCUT2D eigenvalue weighted by molar-refractivity contribution is -0.400. The molecular weight excluding hydrogens is 1070 g/mol. The molecule has 0 aromatic carbocycles. The molecule has 0 saturated heterocycles. The van der Waals surface area contributed by atoms with Crippen LogP contribution in [0.25, 0.3) is 0 Å².